The van der Waals surface area contributed by atoms with E-state index in [0.29, 0.717) is 12.1 Å². The molecule has 1 aliphatic rings. The highest BCUT2D eigenvalue weighted by atomic mass is 19.1. The van der Waals surface area contributed by atoms with E-state index in [0.717, 1.165) is 37.3 Å². The molecule has 0 aromatic heterocycles. The van der Waals surface area contributed by atoms with Gasteiger partial charge in [0.05, 0.1) is 13.1 Å². The lowest BCUT2D eigenvalue weighted by Crippen LogP contribution is -2.47. The average Bonchev–Trinajstić information content (AvgIpc) is 2.56. The Morgan fingerprint density at radius 3 is 2.48 bits per heavy atom. The van der Waals surface area contributed by atoms with Crippen LogP contribution < -0.4 is 5.90 Å². The molecule has 1 aliphatic heterocycles. The van der Waals surface area contributed by atoms with Crippen LogP contribution >= 0.6 is 0 Å². The first-order valence-electron chi connectivity index (χ1n) is 8.72. The van der Waals surface area contributed by atoms with Crippen molar-refractivity contribution >= 4 is 11.8 Å². The van der Waals surface area contributed by atoms with Gasteiger partial charge in [0.2, 0.25) is 0 Å². The molecule has 154 valence electrons. The molecule has 1 amide bonds. The normalized spacial score (nSPS) is 14.8. The van der Waals surface area contributed by atoms with Crippen LogP contribution in [0.4, 0.5) is 9.18 Å². The molecule has 3 N–H and O–H groups in total. The summed E-state index contributed by atoms with van der Waals surface area (Å²) in [5, 5.41) is 6.50. The predicted molar refractivity (Wildman–Crippen MR) is 106 cm³/mol. The number of aryl methyl sites for hydroxylation is 1. The van der Waals surface area contributed by atoms with Gasteiger partial charge in [-0.05, 0) is 51.3 Å². The third-order valence-corrected chi connectivity index (χ3v) is 4.12. The number of halogens is 1. The number of hydrogen-bond acceptors (Lipinski definition) is 5. The lowest BCUT2D eigenvalue weighted by atomic mass is 10.1. The standard InChI is InChI=1S/C19H28FN2O2.CH4.H3NO/c1-14-6-7-16(12-17(14)20)8-9-21-10-11-22(15(2)13-21)18(23)24-19(3,4)5;;1-2/h6-7,12H,8-11,13H2,1-5H3;1H4;2H,1H2/q+1;;. The largest absolute Gasteiger partial charge is 0.596 e. The van der Waals surface area contributed by atoms with Gasteiger partial charge >= 0.3 is 6.09 Å². The molecular weight excluding hydrogens is 349 g/mol. The van der Waals surface area contributed by atoms with Crippen molar-refractivity contribution < 1.29 is 23.7 Å². The summed E-state index contributed by atoms with van der Waals surface area (Å²) in [6.45, 7) is 12.4. The van der Waals surface area contributed by atoms with Gasteiger partial charge in [0, 0.05) is 13.5 Å². The first-order valence-corrected chi connectivity index (χ1v) is 8.72. The number of rotatable bonds is 3. The van der Waals surface area contributed by atoms with Gasteiger partial charge in [0.1, 0.15) is 11.4 Å². The Morgan fingerprint density at radius 2 is 1.96 bits per heavy atom. The van der Waals surface area contributed by atoms with Gasteiger partial charge in [-0.25, -0.2) is 10.3 Å². The van der Waals surface area contributed by atoms with Crippen LogP contribution in [0.1, 0.15) is 46.2 Å². The number of carbonyl (C=O) groups is 1. The second-order valence-corrected chi connectivity index (χ2v) is 7.48. The molecular formula is C20H35FN3O3+. The second kappa shape index (κ2) is 11.1. The Balaban J connectivity index is 0.00000218. The van der Waals surface area contributed by atoms with E-state index in [4.69, 9.17) is 9.94 Å². The van der Waals surface area contributed by atoms with Crippen molar-refractivity contribution in [3.8, 4) is 0 Å². The van der Waals surface area contributed by atoms with Crippen LogP contribution in [0.3, 0.4) is 0 Å². The number of ether oxygens (including phenoxy) is 1. The molecule has 0 saturated carbocycles. The fraction of sp³-hybridized carbons (Fsp3) is 0.600. The van der Waals surface area contributed by atoms with E-state index in [1.54, 1.807) is 17.6 Å². The minimum atomic E-state index is -0.482. The number of hydrogen-bond donors (Lipinski definition) is 2. The van der Waals surface area contributed by atoms with Crippen molar-refractivity contribution in [3.05, 3.63) is 35.1 Å². The topological polar surface area (TPSA) is 78.8 Å². The zero-order valence-corrected chi connectivity index (χ0v) is 16.4. The van der Waals surface area contributed by atoms with Gasteiger partial charge in [-0.1, -0.05) is 19.6 Å². The molecule has 0 radical (unpaired) electrons. The van der Waals surface area contributed by atoms with Crippen molar-refractivity contribution in [1.82, 2.24) is 4.90 Å². The van der Waals surface area contributed by atoms with Crippen LogP contribution in [0.25, 0.3) is 0 Å². The van der Waals surface area contributed by atoms with Gasteiger partial charge in [-0.2, -0.15) is 4.79 Å². The molecule has 0 saturated heterocycles. The SMILES string of the molecule is C.CC1=[N+](C(=O)OC(C)(C)C)CCN(CCc2ccc(C)c(F)c2)C1.NO. The fourth-order valence-corrected chi connectivity index (χ4v) is 2.75. The molecule has 1 aromatic carbocycles. The highest BCUT2D eigenvalue weighted by molar-refractivity contribution is 5.83. The Hall–Kier alpha value is -1.83. The van der Waals surface area contributed by atoms with E-state index >= 15 is 0 Å². The van der Waals surface area contributed by atoms with Gasteiger partial charge in [0.15, 0.2) is 12.3 Å². The lowest BCUT2D eigenvalue weighted by molar-refractivity contribution is -0.458. The number of amides is 1. The summed E-state index contributed by atoms with van der Waals surface area (Å²) < 4.78 is 20.8. The van der Waals surface area contributed by atoms with Crippen molar-refractivity contribution in [2.24, 2.45) is 5.90 Å². The monoisotopic (exact) mass is 384 g/mol. The first kappa shape index (κ1) is 25.2. The van der Waals surface area contributed by atoms with Crippen molar-refractivity contribution in [1.29, 1.82) is 0 Å². The van der Waals surface area contributed by atoms with Gasteiger partial charge < -0.3 is 9.94 Å². The van der Waals surface area contributed by atoms with E-state index in [1.807, 2.05) is 39.8 Å². The molecule has 0 bridgehead atoms. The molecule has 0 aliphatic carbocycles. The zero-order valence-electron chi connectivity index (χ0n) is 16.4. The molecule has 6 nitrogen and oxygen atoms in total. The maximum atomic E-state index is 13.6. The summed E-state index contributed by atoms with van der Waals surface area (Å²) in [7, 11) is 0. The van der Waals surface area contributed by atoms with Crippen molar-refractivity contribution in [3.63, 3.8) is 0 Å². The highest BCUT2D eigenvalue weighted by Gasteiger charge is 2.32. The second-order valence-electron chi connectivity index (χ2n) is 7.48. The molecule has 0 atom stereocenters. The first-order chi connectivity index (χ1) is 12.2. The van der Waals surface area contributed by atoms with Crippen LogP contribution in [-0.2, 0) is 11.2 Å². The molecule has 0 unspecified atom stereocenters. The quantitative estimate of drug-likeness (QED) is 0.617. The Bertz CT molecular complexity index is 654. The predicted octanol–water partition coefficient (Wildman–Crippen LogP) is 3.37. The van der Waals surface area contributed by atoms with E-state index in [9.17, 15) is 9.18 Å². The van der Waals surface area contributed by atoms with Crippen LogP contribution in [0, 0.1) is 12.7 Å². The number of benzene rings is 1. The Kier molecular flexibility index (Phi) is 10.4. The maximum absolute atomic E-state index is 13.6. The summed E-state index contributed by atoms with van der Waals surface area (Å²) in [6.07, 6.45) is 0.525. The van der Waals surface area contributed by atoms with Gasteiger partial charge in [-0.15, -0.1) is 4.58 Å². The summed E-state index contributed by atoms with van der Waals surface area (Å²) in [5.74, 6) is 3.35. The van der Waals surface area contributed by atoms with Crippen LogP contribution in [0.2, 0.25) is 0 Å². The molecule has 27 heavy (non-hydrogen) atoms. The summed E-state index contributed by atoms with van der Waals surface area (Å²) in [4.78, 5) is 14.5. The minimum Gasteiger partial charge on any atom is -0.406 e. The maximum Gasteiger partial charge on any atom is 0.596 e. The van der Waals surface area contributed by atoms with Gasteiger partial charge in [-0.3, -0.25) is 4.90 Å². The Labute approximate surface area is 162 Å². The lowest BCUT2D eigenvalue weighted by Gasteiger charge is -2.25. The van der Waals surface area contributed by atoms with E-state index in [-0.39, 0.29) is 19.3 Å². The van der Waals surface area contributed by atoms with Crippen LogP contribution in [0.5, 0.6) is 0 Å². The molecule has 2 rings (SSSR count). The van der Waals surface area contributed by atoms with Crippen molar-refractivity contribution in [2.75, 3.05) is 26.2 Å². The van der Waals surface area contributed by atoms with E-state index in [2.05, 4.69) is 10.8 Å². The number of nitrogens with two attached hydrogens (primary N) is 1. The highest BCUT2D eigenvalue weighted by Crippen LogP contribution is 2.12. The average molecular weight is 385 g/mol. The Morgan fingerprint density at radius 1 is 1.33 bits per heavy atom. The molecule has 1 heterocycles. The molecule has 7 heteroatoms. The molecule has 0 fully saturated rings. The summed E-state index contributed by atoms with van der Waals surface area (Å²) >= 11 is 0. The van der Waals surface area contributed by atoms with Crippen LogP contribution in [0.15, 0.2) is 18.2 Å². The summed E-state index contributed by atoms with van der Waals surface area (Å²) in [5.41, 5.74) is 2.19. The number of carbonyl (C=O) groups excluding carboxylic acids is 1. The van der Waals surface area contributed by atoms with Gasteiger partial charge in [0.25, 0.3) is 0 Å². The summed E-state index contributed by atoms with van der Waals surface area (Å²) in [6, 6.07) is 5.41. The minimum absolute atomic E-state index is 0. The van der Waals surface area contributed by atoms with Crippen molar-refractivity contribution in [2.45, 2.75) is 54.1 Å². The third-order valence-electron chi connectivity index (χ3n) is 4.12. The van der Waals surface area contributed by atoms with E-state index < -0.39 is 5.60 Å². The smallest absolute Gasteiger partial charge is 0.406 e. The van der Waals surface area contributed by atoms with Crippen LogP contribution in [-0.4, -0.2) is 58.3 Å². The van der Waals surface area contributed by atoms with E-state index in [1.165, 1.54) is 0 Å². The number of nitrogens with zero attached hydrogens (tertiary/aromatic N) is 2. The third kappa shape index (κ3) is 8.15. The fourth-order valence-electron chi connectivity index (χ4n) is 2.75. The molecule has 0 spiro atoms. The zero-order chi connectivity index (χ0) is 19.9. The molecule has 1 aromatic rings.